The number of likely N-dealkylation sites (N-methyl/N-ethyl adjacent to an activating group) is 1. The summed E-state index contributed by atoms with van der Waals surface area (Å²) in [6.45, 7) is 3.30. The Morgan fingerprint density at radius 2 is 1.89 bits per heavy atom. The predicted molar refractivity (Wildman–Crippen MR) is 72.5 cm³/mol. The number of carbonyl (C=O) groups is 2. The van der Waals surface area contributed by atoms with E-state index in [0.29, 0.717) is 6.54 Å². The standard InChI is InChI=1S/C13H20N2O2.ClH/c1-9-4-5-10-11(8-9)13(17)15(12(10)16)7-6-14(2)3;/h4,10-11H,5-8H2,1-3H3;1H/t10-,11+;/m0./s1. The molecule has 0 N–H and O–H groups in total. The molecular weight excluding hydrogens is 252 g/mol. The van der Waals surface area contributed by atoms with Gasteiger partial charge in [0.15, 0.2) is 0 Å². The zero-order valence-electron chi connectivity index (χ0n) is 11.2. The number of imide groups is 1. The third kappa shape index (κ3) is 2.75. The van der Waals surface area contributed by atoms with Gasteiger partial charge in [-0.05, 0) is 33.9 Å². The van der Waals surface area contributed by atoms with Crippen LogP contribution < -0.4 is 0 Å². The Morgan fingerprint density at radius 1 is 1.28 bits per heavy atom. The molecule has 2 rings (SSSR count). The van der Waals surface area contributed by atoms with Crippen LogP contribution in [0, 0.1) is 11.8 Å². The monoisotopic (exact) mass is 272 g/mol. The number of likely N-dealkylation sites (tertiary alicyclic amines) is 1. The van der Waals surface area contributed by atoms with E-state index in [1.165, 1.54) is 10.5 Å². The number of hydrogen-bond acceptors (Lipinski definition) is 3. The summed E-state index contributed by atoms with van der Waals surface area (Å²) in [5.41, 5.74) is 1.24. The van der Waals surface area contributed by atoms with E-state index in [2.05, 4.69) is 6.08 Å². The van der Waals surface area contributed by atoms with Crippen molar-refractivity contribution in [2.45, 2.75) is 19.8 Å². The second-order valence-corrected chi connectivity index (χ2v) is 5.33. The van der Waals surface area contributed by atoms with Crippen LogP contribution in [0.2, 0.25) is 0 Å². The fourth-order valence-corrected chi connectivity index (χ4v) is 2.63. The second kappa shape index (κ2) is 5.85. The normalized spacial score (nSPS) is 27.1. The predicted octanol–water partition coefficient (Wildman–Crippen LogP) is 1.31. The van der Waals surface area contributed by atoms with Crippen molar-refractivity contribution in [3.8, 4) is 0 Å². The number of carbonyl (C=O) groups excluding carboxylic acids is 2. The van der Waals surface area contributed by atoms with Gasteiger partial charge in [-0.25, -0.2) is 0 Å². The highest BCUT2D eigenvalue weighted by Gasteiger charge is 2.47. The zero-order valence-corrected chi connectivity index (χ0v) is 12.0. The van der Waals surface area contributed by atoms with Crippen LogP contribution in [0.4, 0.5) is 0 Å². The lowest BCUT2D eigenvalue weighted by atomic mass is 9.82. The first-order valence-electron chi connectivity index (χ1n) is 6.16. The number of rotatable bonds is 3. The van der Waals surface area contributed by atoms with Crippen molar-refractivity contribution < 1.29 is 9.59 Å². The maximum Gasteiger partial charge on any atom is 0.233 e. The van der Waals surface area contributed by atoms with Crippen LogP contribution in [0.25, 0.3) is 0 Å². The average Bonchev–Trinajstić information content (AvgIpc) is 2.49. The molecule has 0 unspecified atom stereocenters. The van der Waals surface area contributed by atoms with Crippen LogP contribution in [0.15, 0.2) is 11.6 Å². The number of allylic oxidation sites excluding steroid dienone is 2. The van der Waals surface area contributed by atoms with Crippen molar-refractivity contribution >= 4 is 24.2 Å². The molecule has 1 aliphatic carbocycles. The van der Waals surface area contributed by atoms with Crippen molar-refractivity contribution in [1.82, 2.24) is 9.80 Å². The van der Waals surface area contributed by atoms with Gasteiger partial charge in [0, 0.05) is 13.1 Å². The Kier molecular flexibility index (Phi) is 4.93. The molecule has 1 aliphatic heterocycles. The fourth-order valence-electron chi connectivity index (χ4n) is 2.63. The minimum Gasteiger partial charge on any atom is -0.308 e. The van der Waals surface area contributed by atoms with Gasteiger partial charge in [-0.15, -0.1) is 12.4 Å². The molecule has 0 bridgehead atoms. The minimum absolute atomic E-state index is 0. The van der Waals surface area contributed by atoms with Crippen LogP contribution in [0.5, 0.6) is 0 Å². The van der Waals surface area contributed by atoms with Crippen LogP contribution in [0.3, 0.4) is 0 Å². The summed E-state index contributed by atoms with van der Waals surface area (Å²) in [5.74, 6) is -0.108. The van der Waals surface area contributed by atoms with Crippen molar-refractivity contribution in [1.29, 1.82) is 0 Å². The van der Waals surface area contributed by atoms with Gasteiger partial charge in [0.05, 0.1) is 11.8 Å². The molecule has 0 aromatic rings. The molecule has 102 valence electrons. The summed E-state index contributed by atoms with van der Waals surface area (Å²) in [4.78, 5) is 27.7. The van der Waals surface area contributed by atoms with E-state index in [9.17, 15) is 9.59 Å². The van der Waals surface area contributed by atoms with E-state index in [0.717, 1.165) is 19.4 Å². The smallest absolute Gasteiger partial charge is 0.233 e. The van der Waals surface area contributed by atoms with E-state index in [4.69, 9.17) is 0 Å². The lowest BCUT2D eigenvalue weighted by Gasteiger charge is -2.19. The van der Waals surface area contributed by atoms with Gasteiger partial charge in [0.2, 0.25) is 11.8 Å². The van der Waals surface area contributed by atoms with Gasteiger partial charge in [0.25, 0.3) is 0 Å². The van der Waals surface area contributed by atoms with E-state index in [1.807, 2.05) is 25.9 Å². The van der Waals surface area contributed by atoms with Crippen molar-refractivity contribution in [2.24, 2.45) is 11.8 Å². The Morgan fingerprint density at radius 3 is 2.50 bits per heavy atom. The van der Waals surface area contributed by atoms with Gasteiger partial charge in [-0.1, -0.05) is 11.6 Å². The van der Waals surface area contributed by atoms with E-state index < -0.39 is 0 Å². The van der Waals surface area contributed by atoms with Crippen LogP contribution in [0.1, 0.15) is 19.8 Å². The molecule has 1 heterocycles. The molecule has 1 saturated heterocycles. The van der Waals surface area contributed by atoms with Crippen LogP contribution >= 0.6 is 12.4 Å². The van der Waals surface area contributed by atoms with Crippen molar-refractivity contribution in [2.75, 3.05) is 27.2 Å². The highest BCUT2D eigenvalue weighted by Crippen LogP contribution is 2.37. The molecule has 1 fully saturated rings. The third-order valence-electron chi connectivity index (χ3n) is 3.69. The topological polar surface area (TPSA) is 40.6 Å². The molecule has 4 nitrogen and oxygen atoms in total. The Bertz CT molecular complexity index is 379. The van der Waals surface area contributed by atoms with Crippen molar-refractivity contribution in [3.63, 3.8) is 0 Å². The second-order valence-electron chi connectivity index (χ2n) is 5.33. The molecule has 2 amide bonds. The van der Waals surface area contributed by atoms with Crippen molar-refractivity contribution in [3.05, 3.63) is 11.6 Å². The van der Waals surface area contributed by atoms with Gasteiger partial charge >= 0.3 is 0 Å². The zero-order chi connectivity index (χ0) is 12.6. The van der Waals surface area contributed by atoms with Gasteiger partial charge in [-0.2, -0.15) is 0 Å². The molecule has 0 aromatic carbocycles. The van der Waals surface area contributed by atoms with Crippen LogP contribution in [-0.2, 0) is 9.59 Å². The first kappa shape index (κ1) is 15.2. The number of halogens is 1. The number of hydrogen-bond donors (Lipinski definition) is 0. The van der Waals surface area contributed by atoms with E-state index >= 15 is 0 Å². The summed E-state index contributed by atoms with van der Waals surface area (Å²) in [7, 11) is 3.90. The SMILES string of the molecule is CC1=CC[C@@H]2C(=O)N(CCN(C)C)C(=O)[C@@H]2C1.Cl. The quantitative estimate of drug-likeness (QED) is 0.575. The highest BCUT2D eigenvalue weighted by atomic mass is 35.5. The minimum atomic E-state index is -0.0895. The largest absolute Gasteiger partial charge is 0.308 e. The van der Waals surface area contributed by atoms with Gasteiger partial charge < -0.3 is 4.90 Å². The summed E-state index contributed by atoms with van der Waals surface area (Å²) in [6.07, 6.45) is 3.59. The fraction of sp³-hybridized carbons (Fsp3) is 0.692. The van der Waals surface area contributed by atoms with E-state index in [-0.39, 0.29) is 36.1 Å². The maximum atomic E-state index is 12.2. The molecule has 0 aromatic heterocycles. The molecule has 18 heavy (non-hydrogen) atoms. The molecule has 2 atom stereocenters. The average molecular weight is 273 g/mol. The molecule has 0 saturated carbocycles. The Balaban J connectivity index is 0.00000162. The maximum absolute atomic E-state index is 12.2. The van der Waals surface area contributed by atoms with Crippen LogP contribution in [-0.4, -0.2) is 48.8 Å². The summed E-state index contributed by atoms with van der Waals surface area (Å²) in [5, 5.41) is 0. The van der Waals surface area contributed by atoms with Gasteiger partial charge in [-0.3, -0.25) is 14.5 Å². The van der Waals surface area contributed by atoms with Gasteiger partial charge in [0.1, 0.15) is 0 Å². The Labute approximate surface area is 114 Å². The molecule has 5 heteroatoms. The molecule has 2 aliphatic rings. The first-order chi connectivity index (χ1) is 8.00. The summed E-state index contributed by atoms with van der Waals surface area (Å²) in [6, 6.07) is 0. The summed E-state index contributed by atoms with van der Waals surface area (Å²) < 4.78 is 0. The first-order valence-corrected chi connectivity index (χ1v) is 6.16. The number of fused-ring (bicyclic) bond motifs is 1. The summed E-state index contributed by atoms with van der Waals surface area (Å²) >= 11 is 0. The third-order valence-corrected chi connectivity index (χ3v) is 3.69. The lowest BCUT2D eigenvalue weighted by molar-refractivity contribution is -0.140. The lowest BCUT2D eigenvalue weighted by Crippen LogP contribution is -2.36. The number of amides is 2. The van der Waals surface area contributed by atoms with E-state index in [1.54, 1.807) is 0 Å². The highest BCUT2D eigenvalue weighted by molar-refractivity contribution is 6.05. The molecular formula is C13H21ClN2O2. The molecule has 0 spiro atoms. The molecule has 0 radical (unpaired) electrons. The Hall–Kier alpha value is -0.870. The number of nitrogens with zero attached hydrogens (tertiary/aromatic N) is 2.